The summed E-state index contributed by atoms with van der Waals surface area (Å²) in [5, 5.41) is 2.87. The van der Waals surface area contributed by atoms with Crippen LogP contribution in [0.2, 0.25) is 0 Å². The zero-order valence-corrected chi connectivity index (χ0v) is 17.2. The van der Waals surface area contributed by atoms with Crippen molar-refractivity contribution in [3.63, 3.8) is 0 Å². The molecule has 1 N–H and O–H groups in total. The predicted octanol–water partition coefficient (Wildman–Crippen LogP) is 2.42. The number of methoxy groups -OCH3 is 1. The zero-order valence-electron chi connectivity index (χ0n) is 17.2. The van der Waals surface area contributed by atoms with Crippen molar-refractivity contribution in [3.05, 3.63) is 47.9 Å². The van der Waals surface area contributed by atoms with Gasteiger partial charge in [0, 0.05) is 24.6 Å². The van der Waals surface area contributed by atoms with E-state index in [0.29, 0.717) is 55.3 Å². The van der Waals surface area contributed by atoms with Crippen LogP contribution in [0, 0.1) is 5.92 Å². The Hall–Kier alpha value is -3.29. The zero-order chi connectivity index (χ0) is 21.5. The summed E-state index contributed by atoms with van der Waals surface area (Å²) in [4.78, 5) is 38.0. The van der Waals surface area contributed by atoms with E-state index in [1.165, 1.54) is 14.0 Å². The van der Waals surface area contributed by atoms with Crippen LogP contribution in [0.4, 0.5) is 0 Å². The van der Waals surface area contributed by atoms with Crippen molar-refractivity contribution in [2.24, 2.45) is 5.92 Å². The molecular weight excluding hydrogens is 388 g/mol. The summed E-state index contributed by atoms with van der Waals surface area (Å²) in [7, 11) is 1.48. The van der Waals surface area contributed by atoms with E-state index in [1.807, 2.05) is 6.07 Å². The van der Waals surface area contributed by atoms with Crippen LogP contribution in [0.25, 0.3) is 0 Å². The molecule has 8 heteroatoms. The number of nitrogens with zero attached hydrogens (tertiary/aromatic N) is 1. The van der Waals surface area contributed by atoms with Crippen LogP contribution in [0.15, 0.2) is 41.0 Å². The summed E-state index contributed by atoms with van der Waals surface area (Å²) < 4.78 is 16.1. The molecule has 1 fully saturated rings. The molecule has 0 bridgehead atoms. The SMILES string of the molecule is COc1cc(C(C)=O)ccc1OCC(=O)N1CCC(C(=O)NCc2ccco2)CC1. The Morgan fingerprint density at radius 2 is 1.93 bits per heavy atom. The van der Waals surface area contributed by atoms with Crippen molar-refractivity contribution in [1.29, 1.82) is 0 Å². The highest BCUT2D eigenvalue weighted by Crippen LogP contribution is 2.28. The van der Waals surface area contributed by atoms with Crippen molar-refractivity contribution >= 4 is 17.6 Å². The molecule has 160 valence electrons. The lowest BCUT2D eigenvalue weighted by molar-refractivity contribution is -0.137. The lowest BCUT2D eigenvalue weighted by Crippen LogP contribution is -2.44. The average molecular weight is 414 g/mol. The van der Waals surface area contributed by atoms with Crippen LogP contribution >= 0.6 is 0 Å². The minimum Gasteiger partial charge on any atom is -0.493 e. The third kappa shape index (κ3) is 5.40. The molecule has 1 saturated heterocycles. The minimum absolute atomic E-state index is 0.0231. The second kappa shape index (κ2) is 9.96. The number of rotatable bonds is 8. The fourth-order valence-corrected chi connectivity index (χ4v) is 3.36. The molecule has 0 saturated carbocycles. The third-order valence-electron chi connectivity index (χ3n) is 5.16. The molecule has 2 amide bonds. The third-order valence-corrected chi connectivity index (χ3v) is 5.16. The normalized spacial score (nSPS) is 14.3. The minimum atomic E-state index is -0.151. The summed E-state index contributed by atoms with van der Waals surface area (Å²) in [6, 6.07) is 8.44. The highest BCUT2D eigenvalue weighted by Gasteiger charge is 2.27. The number of furan rings is 1. The van der Waals surface area contributed by atoms with Gasteiger partial charge in [-0.05, 0) is 50.1 Å². The fraction of sp³-hybridized carbons (Fsp3) is 0.409. The Kier molecular flexibility index (Phi) is 7.11. The van der Waals surface area contributed by atoms with Crippen molar-refractivity contribution in [2.75, 3.05) is 26.8 Å². The van der Waals surface area contributed by atoms with Crippen LogP contribution in [0.3, 0.4) is 0 Å². The van der Waals surface area contributed by atoms with Gasteiger partial charge < -0.3 is 24.1 Å². The van der Waals surface area contributed by atoms with Crippen LogP contribution in [0.5, 0.6) is 11.5 Å². The molecule has 1 aliphatic rings. The van der Waals surface area contributed by atoms with Gasteiger partial charge in [0.25, 0.3) is 5.91 Å². The highest BCUT2D eigenvalue weighted by molar-refractivity contribution is 5.94. The molecule has 0 atom stereocenters. The Balaban J connectivity index is 1.45. The maximum atomic E-state index is 12.5. The molecule has 3 rings (SSSR count). The Bertz CT molecular complexity index is 885. The summed E-state index contributed by atoms with van der Waals surface area (Å²) in [6.07, 6.45) is 2.78. The average Bonchev–Trinajstić information content (AvgIpc) is 3.29. The highest BCUT2D eigenvalue weighted by atomic mass is 16.5. The summed E-state index contributed by atoms with van der Waals surface area (Å²) in [5.41, 5.74) is 0.512. The molecule has 1 aliphatic heterocycles. The van der Waals surface area contributed by atoms with Crippen LogP contribution in [-0.4, -0.2) is 49.3 Å². The largest absolute Gasteiger partial charge is 0.493 e. The number of Topliss-reactive ketones (excluding diaryl/α,β-unsaturated/α-hetero) is 1. The number of ether oxygens (including phenoxy) is 2. The summed E-state index contributed by atoms with van der Waals surface area (Å²) in [6.45, 7) is 2.71. The number of nitrogens with one attached hydrogen (secondary N) is 1. The van der Waals surface area contributed by atoms with Gasteiger partial charge in [0.1, 0.15) is 5.76 Å². The maximum absolute atomic E-state index is 12.5. The lowest BCUT2D eigenvalue weighted by Gasteiger charge is -2.31. The standard InChI is InChI=1S/C22H26N2O6/c1-15(25)17-5-6-19(20(12-17)28-2)30-14-21(26)24-9-7-16(8-10-24)22(27)23-13-18-4-3-11-29-18/h3-6,11-12,16H,7-10,13-14H2,1-2H3,(H,23,27). The first-order valence-corrected chi connectivity index (χ1v) is 9.87. The number of likely N-dealkylation sites (tertiary alicyclic amines) is 1. The first-order valence-electron chi connectivity index (χ1n) is 9.87. The fourth-order valence-electron chi connectivity index (χ4n) is 3.36. The molecule has 2 aromatic rings. The van der Waals surface area contributed by atoms with Crippen molar-refractivity contribution < 1.29 is 28.3 Å². The molecule has 0 radical (unpaired) electrons. The number of carbonyl (C=O) groups excluding carboxylic acids is 3. The van der Waals surface area contributed by atoms with Crippen molar-refractivity contribution in [3.8, 4) is 11.5 Å². The summed E-state index contributed by atoms with van der Waals surface area (Å²) in [5.74, 6) is 1.15. The van der Waals surface area contributed by atoms with E-state index in [0.717, 1.165) is 0 Å². The topological polar surface area (TPSA) is 98.1 Å². The van der Waals surface area contributed by atoms with Gasteiger partial charge in [0.15, 0.2) is 23.9 Å². The van der Waals surface area contributed by atoms with Gasteiger partial charge in [-0.1, -0.05) is 0 Å². The first kappa shape index (κ1) is 21.4. The van der Waals surface area contributed by atoms with E-state index in [-0.39, 0.29) is 30.1 Å². The molecule has 30 heavy (non-hydrogen) atoms. The van der Waals surface area contributed by atoms with E-state index >= 15 is 0 Å². The van der Waals surface area contributed by atoms with Gasteiger partial charge in [0.05, 0.1) is 19.9 Å². The van der Waals surface area contributed by atoms with Gasteiger partial charge in [-0.3, -0.25) is 14.4 Å². The van der Waals surface area contributed by atoms with Crippen molar-refractivity contribution in [1.82, 2.24) is 10.2 Å². The number of carbonyl (C=O) groups is 3. The van der Waals surface area contributed by atoms with Gasteiger partial charge in [-0.25, -0.2) is 0 Å². The predicted molar refractivity (Wildman–Crippen MR) is 108 cm³/mol. The van der Waals surface area contributed by atoms with Crippen LogP contribution < -0.4 is 14.8 Å². The number of ketones is 1. The summed E-state index contributed by atoms with van der Waals surface area (Å²) >= 11 is 0. The monoisotopic (exact) mass is 414 g/mol. The van der Waals surface area contributed by atoms with Gasteiger partial charge in [0.2, 0.25) is 5.91 Å². The molecular formula is C22H26N2O6. The molecule has 2 heterocycles. The van der Waals surface area contributed by atoms with E-state index in [9.17, 15) is 14.4 Å². The van der Waals surface area contributed by atoms with Crippen LogP contribution in [-0.2, 0) is 16.1 Å². The lowest BCUT2D eigenvalue weighted by atomic mass is 9.96. The van der Waals surface area contributed by atoms with E-state index in [4.69, 9.17) is 13.9 Å². The number of piperidine rings is 1. The molecule has 1 aromatic heterocycles. The molecule has 8 nitrogen and oxygen atoms in total. The number of amides is 2. The molecule has 1 aromatic carbocycles. The Morgan fingerprint density at radius 1 is 1.17 bits per heavy atom. The number of hydrogen-bond acceptors (Lipinski definition) is 6. The van der Waals surface area contributed by atoms with E-state index < -0.39 is 0 Å². The first-order chi connectivity index (χ1) is 14.5. The molecule has 0 spiro atoms. The number of benzene rings is 1. The second-order valence-corrected chi connectivity index (χ2v) is 7.16. The quantitative estimate of drug-likeness (QED) is 0.666. The van der Waals surface area contributed by atoms with E-state index in [1.54, 1.807) is 35.4 Å². The molecule has 0 unspecified atom stereocenters. The van der Waals surface area contributed by atoms with Gasteiger partial charge in [-0.15, -0.1) is 0 Å². The van der Waals surface area contributed by atoms with Crippen LogP contribution in [0.1, 0.15) is 35.9 Å². The van der Waals surface area contributed by atoms with Gasteiger partial charge >= 0.3 is 0 Å². The number of hydrogen-bond donors (Lipinski definition) is 1. The molecule has 0 aliphatic carbocycles. The Labute approximate surface area is 175 Å². The smallest absolute Gasteiger partial charge is 0.260 e. The second-order valence-electron chi connectivity index (χ2n) is 7.16. The van der Waals surface area contributed by atoms with Gasteiger partial charge in [-0.2, -0.15) is 0 Å². The van der Waals surface area contributed by atoms with Crippen molar-refractivity contribution in [2.45, 2.75) is 26.3 Å². The van der Waals surface area contributed by atoms with E-state index in [2.05, 4.69) is 5.32 Å². The Morgan fingerprint density at radius 3 is 2.57 bits per heavy atom. The maximum Gasteiger partial charge on any atom is 0.260 e.